The third kappa shape index (κ3) is 2.13. The van der Waals surface area contributed by atoms with Crippen LogP contribution >= 0.6 is 0 Å². The van der Waals surface area contributed by atoms with Gasteiger partial charge in [0.05, 0.1) is 6.54 Å². The van der Waals surface area contributed by atoms with Crippen LogP contribution in [0.25, 0.3) is 0 Å². The summed E-state index contributed by atoms with van der Waals surface area (Å²) < 4.78 is 5.12. The molecule has 2 N–H and O–H groups in total. The Morgan fingerprint density at radius 3 is 2.88 bits per heavy atom. The summed E-state index contributed by atoms with van der Waals surface area (Å²) in [5.74, 6) is -1.21. The molecule has 0 saturated carbocycles. The van der Waals surface area contributed by atoms with Gasteiger partial charge < -0.3 is 14.9 Å². The SMILES string of the molecule is O=C(O)C1=NCC(Cc2ccccc2O)O1. The molecule has 5 nitrogen and oxygen atoms in total. The number of hydrogen-bond donors (Lipinski definition) is 2. The number of aliphatic imine (C=N–C) groups is 1. The van der Waals surface area contributed by atoms with E-state index in [0.717, 1.165) is 5.56 Å². The summed E-state index contributed by atoms with van der Waals surface area (Å²) in [6, 6.07) is 6.90. The Balaban J connectivity index is 1.99. The molecule has 1 aromatic carbocycles. The van der Waals surface area contributed by atoms with Crippen LogP contribution in [0.2, 0.25) is 0 Å². The second-order valence-corrected chi connectivity index (χ2v) is 3.52. The third-order valence-corrected chi connectivity index (χ3v) is 2.34. The summed E-state index contributed by atoms with van der Waals surface area (Å²) >= 11 is 0. The van der Waals surface area contributed by atoms with Gasteiger partial charge in [-0.2, -0.15) is 0 Å². The molecule has 0 bridgehead atoms. The maximum atomic E-state index is 10.6. The number of ether oxygens (including phenoxy) is 1. The molecule has 1 aromatic rings. The second kappa shape index (κ2) is 4.22. The van der Waals surface area contributed by atoms with E-state index in [1.165, 1.54) is 0 Å². The Hall–Kier alpha value is -2.04. The normalized spacial score (nSPS) is 19.0. The van der Waals surface area contributed by atoms with E-state index in [4.69, 9.17) is 9.84 Å². The zero-order valence-electron chi connectivity index (χ0n) is 8.46. The van der Waals surface area contributed by atoms with E-state index in [-0.39, 0.29) is 17.8 Å². The summed E-state index contributed by atoms with van der Waals surface area (Å²) in [6.07, 6.45) is 0.145. The molecule has 1 unspecified atom stereocenters. The molecule has 0 spiro atoms. The predicted octanol–water partition coefficient (Wildman–Crippen LogP) is 0.817. The lowest BCUT2D eigenvalue weighted by molar-refractivity contribution is -0.131. The van der Waals surface area contributed by atoms with Crippen LogP contribution in [0, 0.1) is 0 Å². The highest BCUT2D eigenvalue weighted by molar-refractivity contribution is 6.32. The molecule has 1 atom stereocenters. The summed E-state index contributed by atoms with van der Waals surface area (Å²) in [5.41, 5.74) is 0.731. The molecule has 1 aliphatic heterocycles. The van der Waals surface area contributed by atoms with Gasteiger partial charge in [0.15, 0.2) is 0 Å². The highest BCUT2D eigenvalue weighted by Crippen LogP contribution is 2.20. The number of carbonyl (C=O) groups is 1. The molecular formula is C11H11NO4. The molecule has 2 rings (SSSR count). The van der Waals surface area contributed by atoms with Crippen molar-refractivity contribution in [2.24, 2.45) is 4.99 Å². The smallest absolute Gasteiger partial charge is 0.391 e. The number of rotatable bonds is 3. The summed E-state index contributed by atoms with van der Waals surface area (Å²) in [7, 11) is 0. The minimum absolute atomic E-state index is 0.190. The minimum atomic E-state index is -1.15. The monoisotopic (exact) mass is 221 g/mol. The maximum Gasteiger partial charge on any atom is 0.391 e. The average Bonchev–Trinajstić information content (AvgIpc) is 2.70. The largest absolute Gasteiger partial charge is 0.508 e. The first kappa shape index (κ1) is 10.5. The van der Waals surface area contributed by atoms with Gasteiger partial charge in [-0.25, -0.2) is 9.79 Å². The van der Waals surface area contributed by atoms with Crippen LogP contribution in [0.1, 0.15) is 5.56 Å². The van der Waals surface area contributed by atoms with Gasteiger partial charge in [0.1, 0.15) is 11.9 Å². The molecule has 0 saturated heterocycles. The average molecular weight is 221 g/mol. The van der Waals surface area contributed by atoms with Gasteiger partial charge in [-0.05, 0) is 11.6 Å². The molecule has 0 fully saturated rings. The van der Waals surface area contributed by atoms with Crippen LogP contribution in [0.5, 0.6) is 5.75 Å². The molecular weight excluding hydrogens is 210 g/mol. The van der Waals surface area contributed by atoms with Gasteiger partial charge in [-0.15, -0.1) is 0 Å². The van der Waals surface area contributed by atoms with Crippen molar-refractivity contribution in [3.05, 3.63) is 29.8 Å². The minimum Gasteiger partial charge on any atom is -0.508 e. The summed E-state index contributed by atoms with van der Waals surface area (Å²) in [6.45, 7) is 0.315. The lowest BCUT2D eigenvalue weighted by atomic mass is 10.1. The molecule has 0 aliphatic carbocycles. The Morgan fingerprint density at radius 2 is 2.25 bits per heavy atom. The Bertz CT molecular complexity index is 441. The highest BCUT2D eigenvalue weighted by Gasteiger charge is 2.25. The number of carboxylic acids is 1. The van der Waals surface area contributed by atoms with Crippen molar-refractivity contribution < 1.29 is 19.7 Å². The number of nitrogens with zero attached hydrogens (tertiary/aromatic N) is 1. The van der Waals surface area contributed by atoms with Crippen LogP contribution in [-0.4, -0.2) is 34.7 Å². The Labute approximate surface area is 92.0 Å². The fourth-order valence-corrected chi connectivity index (χ4v) is 1.57. The quantitative estimate of drug-likeness (QED) is 0.791. The number of carboxylic acid groups (broad SMARTS) is 1. The van der Waals surface area contributed by atoms with Crippen LogP contribution < -0.4 is 0 Å². The zero-order valence-corrected chi connectivity index (χ0v) is 8.46. The molecule has 84 valence electrons. The van der Waals surface area contributed by atoms with Gasteiger partial charge in [-0.3, -0.25) is 0 Å². The Kier molecular flexibility index (Phi) is 2.76. The first-order chi connectivity index (χ1) is 7.66. The number of phenolic OH excluding ortho intramolecular Hbond substituents is 1. The van der Waals surface area contributed by atoms with E-state index in [9.17, 15) is 9.90 Å². The number of hydrogen-bond acceptors (Lipinski definition) is 4. The van der Waals surface area contributed by atoms with Crippen LogP contribution in [0.3, 0.4) is 0 Å². The summed E-state index contributed by atoms with van der Waals surface area (Å²) in [4.78, 5) is 14.3. The standard InChI is InChI=1S/C11H11NO4/c13-9-4-2-1-3-7(9)5-8-6-12-10(16-8)11(14)15/h1-4,8,13H,5-6H2,(H,14,15). The van der Waals surface area contributed by atoms with Gasteiger partial charge >= 0.3 is 5.97 Å². The topological polar surface area (TPSA) is 79.1 Å². The summed E-state index contributed by atoms with van der Waals surface area (Å²) in [5, 5.41) is 18.2. The van der Waals surface area contributed by atoms with E-state index >= 15 is 0 Å². The van der Waals surface area contributed by atoms with Crippen molar-refractivity contribution in [1.29, 1.82) is 0 Å². The molecule has 0 amide bonds. The zero-order chi connectivity index (χ0) is 11.5. The number of phenols is 1. The van der Waals surface area contributed by atoms with Crippen molar-refractivity contribution >= 4 is 11.9 Å². The predicted molar refractivity (Wildman–Crippen MR) is 56.6 cm³/mol. The van der Waals surface area contributed by atoms with Crippen molar-refractivity contribution in [2.45, 2.75) is 12.5 Å². The maximum absolute atomic E-state index is 10.6. The van der Waals surface area contributed by atoms with E-state index in [0.29, 0.717) is 13.0 Å². The highest BCUT2D eigenvalue weighted by atomic mass is 16.5. The third-order valence-electron chi connectivity index (χ3n) is 2.34. The van der Waals surface area contributed by atoms with E-state index < -0.39 is 5.97 Å². The molecule has 1 heterocycles. The molecule has 0 radical (unpaired) electrons. The van der Waals surface area contributed by atoms with Gasteiger partial charge in [0, 0.05) is 6.42 Å². The second-order valence-electron chi connectivity index (χ2n) is 3.52. The lowest BCUT2D eigenvalue weighted by Crippen LogP contribution is -2.20. The number of para-hydroxylation sites is 1. The van der Waals surface area contributed by atoms with Gasteiger partial charge in [-0.1, -0.05) is 18.2 Å². The van der Waals surface area contributed by atoms with Crippen LogP contribution in [0.15, 0.2) is 29.3 Å². The Morgan fingerprint density at radius 1 is 1.50 bits per heavy atom. The molecule has 0 aromatic heterocycles. The van der Waals surface area contributed by atoms with Crippen molar-refractivity contribution in [1.82, 2.24) is 0 Å². The van der Waals surface area contributed by atoms with E-state index in [2.05, 4.69) is 4.99 Å². The van der Waals surface area contributed by atoms with Crippen molar-refractivity contribution in [3.63, 3.8) is 0 Å². The molecule has 16 heavy (non-hydrogen) atoms. The van der Waals surface area contributed by atoms with Crippen molar-refractivity contribution in [2.75, 3.05) is 6.54 Å². The van der Waals surface area contributed by atoms with Gasteiger partial charge in [0.2, 0.25) is 0 Å². The number of aliphatic carboxylic acids is 1. The molecule has 5 heteroatoms. The number of aromatic hydroxyl groups is 1. The molecule has 1 aliphatic rings. The fraction of sp³-hybridized carbons (Fsp3) is 0.273. The van der Waals surface area contributed by atoms with Crippen molar-refractivity contribution in [3.8, 4) is 5.75 Å². The van der Waals surface area contributed by atoms with Crippen LogP contribution in [-0.2, 0) is 16.0 Å². The lowest BCUT2D eigenvalue weighted by Gasteiger charge is -2.10. The van der Waals surface area contributed by atoms with E-state index in [1.54, 1.807) is 18.2 Å². The van der Waals surface area contributed by atoms with Gasteiger partial charge in [0.25, 0.3) is 5.90 Å². The first-order valence-corrected chi connectivity index (χ1v) is 4.88. The first-order valence-electron chi connectivity index (χ1n) is 4.88. The van der Waals surface area contributed by atoms with Crippen LogP contribution in [0.4, 0.5) is 0 Å². The van der Waals surface area contributed by atoms with E-state index in [1.807, 2.05) is 6.07 Å². The fourth-order valence-electron chi connectivity index (χ4n) is 1.57. The number of benzene rings is 1.